The molecule has 2 fully saturated rings. The normalized spacial score (nSPS) is 26.9. The van der Waals surface area contributed by atoms with Crippen LogP contribution in [0.5, 0.6) is 0 Å². The molecule has 118 valence electrons. The van der Waals surface area contributed by atoms with E-state index in [0.717, 1.165) is 25.7 Å². The van der Waals surface area contributed by atoms with Crippen molar-refractivity contribution in [2.24, 2.45) is 11.8 Å². The third-order valence-corrected chi connectivity index (χ3v) is 4.76. The van der Waals surface area contributed by atoms with E-state index in [-0.39, 0.29) is 36.6 Å². The summed E-state index contributed by atoms with van der Waals surface area (Å²) in [6, 6.07) is 0. The first-order chi connectivity index (χ1) is 10.0. The van der Waals surface area contributed by atoms with Gasteiger partial charge in [0.05, 0.1) is 13.1 Å². The Bertz CT molecular complexity index is 414. The number of hydrogen-bond acceptors (Lipinski definition) is 3. The Morgan fingerprint density at radius 1 is 1.14 bits per heavy atom. The summed E-state index contributed by atoms with van der Waals surface area (Å²) in [5.41, 5.74) is 0. The fourth-order valence-electron chi connectivity index (χ4n) is 3.15. The Morgan fingerprint density at radius 2 is 1.81 bits per heavy atom. The number of rotatable bonds is 4. The van der Waals surface area contributed by atoms with Gasteiger partial charge in [-0.05, 0) is 31.6 Å². The zero-order valence-electron chi connectivity index (χ0n) is 13.1. The maximum atomic E-state index is 12.5. The van der Waals surface area contributed by atoms with Crippen molar-refractivity contribution in [3.63, 3.8) is 0 Å². The summed E-state index contributed by atoms with van der Waals surface area (Å²) in [4.78, 5) is 39.3. The van der Waals surface area contributed by atoms with Gasteiger partial charge in [-0.15, -0.1) is 0 Å². The fraction of sp³-hybridized carbons (Fsp3) is 0.812. The number of piperazine rings is 1. The van der Waals surface area contributed by atoms with Crippen LogP contribution in [-0.2, 0) is 14.4 Å². The number of ketones is 1. The average molecular weight is 294 g/mol. The van der Waals surface area contributed by atoms with Gasteiger partial charge in [-0.2, -0.15) is 0 Å². The fourth-order valence-corrected chi connectivity index (χ4v) is 3.15. The zero-order chi connectivity index (χ0) is 15.4. The zero-order valence-corrected chi connectivity index (χ0v) is 13.1. The minimum absolute atomic E-state index is 0.0735. The second-order valence-electron chi connectivity index (χ2n) is 6.42. The largest absolute Gasteiger partial charge is 0.332 e. The van der Waals surface area contributed by atoms with E-state index < -0.39 is 0 Å². The molecule has 1 aliphatic carbocycles. The molecular weight excluding hydrogens is 268 g/mol. The first-order valence-electron chi connectivity index (χ1n) is 8.09. The molecule has 1 saturated carbocycles. The highest BCUT2D eigenvalue weighted by atomic mass is 16.2. The van der Waals surface area contributed by atoms with Gasteiger partial charge in [0.2, 0.25) is 11.8 Å². The maximum absolute atomic E-state index is 12.5. The van der Waals surface area contributed by atoms with Crippen LogP contribution in [0, 0.1) is 11.8 Å². The maximum Gasteiger partial charge on any atom is 0.242 e. The van der Waals surface area contributed by atoms with Crippen LogP contribution in [0.4, 0.5) is 0 Å². The molecule has 5 nitrogen and oxygen atoms in total. The molecule has 0 spiro atoms. The number of nitrogens with zero attached hydrogens (tertiary/aromatic N) is 2. The van der Waals surface area contributed by atoms with Gasteiger partial charge in [0, 0.05) is 25.4 Å². The molecule has 1 saturated heterocycles. The molecule has 0 radical (unpaired) electrons. The molecular formula is C16H26N2O3. The summed E-state index contributed by atoms with van der Waals surface area (Å²) in [7, 11) is 0. The first kappa shape index (κ1) is 16.0. The van der Waals surface area contributed by atoms with Gasteiger partial charge in [0.25, 0.3) is 0 Å². The van der Waals surface area contributed by atoms with Crippen molar-refractivity contribution in [2.45, 2.75) is 46.0 Å². The third kappa shape index (κ3) is 4.05. The number of carbonyl (C=O) groups is 3. The number of Topliss-reactive ketones (excluding diaryl/α,β-unsaturated/α-hetero) is 1. The molecule has 2 amide bonds. The molecule has 2 rings (SSSR count). The van der Waals surface area contributed by atoms with Crippen molar-refractivity contribution in [1.29, 1.82) is 0 Å². The summed E-state index contributed by atoms with van der Waals surface area (Å²) in [6.45, 7) is 5.41. The molecule has 1 heterocycles. The topological polar surface area (TPSA) is 57.7 Å². The Kier molecular flexibility index (Phi) is 5.37. The van der Waals surface area contributed by atoms with E-state index in [0.29, 0.717) is 25.4 Å². The molecule has 0 N–H and O–H groups in total. The van der Waals surface area contributed by atoms with Gasteiger partial charge in [-0.3, -0.25) is 14.4 Å². The first-order valence-corrected chi connectivity index (χ1v) is 8.09. The lowest BCUT2D eigenvalue weighted by Gasteiger charge is -2.37. The minimum Gasteiger partial charge on any atom is -0.332 e. The van der Waals surface area contributed by atoms with Crippen LogP contribution in [0.15, 0.2) is 0 Å². The summed E-state index contributed by atoms with van der Waals surface area (Å²) < 4.78 is 0. The number of hydrogen-bond donors (Lipinski definition) is 0. The van der Waals surface area contributed by atoms with Gasteiger partial charge in [-0.25, -0.2) is 0 Å². The Morgan fingerprint density at radius 3 is 2.38 bits per heavy atom. The van der Waals surface area contributed by atoms with E-state index in [1.54, 1.807) is 16.7 Å². The van der Waals surface area contributed by atoms with Crippen LogP contribution >= 0.6 is 0 Å². The van der Waals surface area contributed by atoms with Crippen molar-refractivity contribution < 1.29 is 14.4 Å². The highest BCUT2D eigenvalue weighted by Crippen LogP contribution is 2.29. The predicted molar refractivity (Wildman–Crippen MR) is 79.6 cm³/mol. The van der Waals surface area contributed by atoms with Gasteiger partial charge >= 0.3 is 0 Å². The second-order valence-corrected chi connectivity index (χ2v) is 6.42. The van der Waals surface area contributed by atoms with E-state index >= 15 is 0 Å². The van der Waals surface area contributed by atoms with E-state index in [2.05, 4.69) is 6.92 Å². The number of carbonyl (C=O) groups excluding carboxylic acids is 3. The highest BCUT2D eigenvalue weighted by molar-refractivity contribution is 5.90. The van der Waals surface area contributed by atoms with Gasteiger partial charge in [0.15, 0.2) is 5.78 Å². The molecule has 0 unspecified atom stereocenters. The smallest absolute Gasteiger partial charge is 0.242 e. The van der Waals surface area contributed by atoms with Crippen LogP contribution in [0.1, 0.15) is 46.0 Å². The van der Waals surface area contributed by atoms with Crippen molar-refractivity contribution in [3.8, 4) is 0 Å². The van der Waals surface area contributed by atoms with Crippen LogP contribution < -0.4 is 0 Å². The van der Waals surface area contributed by atoms with Gasteiger partial charge < -0.3 is 9.80 Å². The molecule has 21 heavy (non-hydrogen) atoms. The van der Waals surface area contributed by atoms with E-state index in [1.165, 1.54) is 0 Å². The Hall–Kier alpha value is -1.39. The minimum atomic E-state index is -0.0967. The van der Waals surface area contributed by atoms with E-state index in [1.807, 2.05) is 0 Å². The van der Waals surface area contributed by atoms with Crippen molar-refractivity contribution in [3.05, 3.63) is 0 Å². The Balaban J connectivity index is 1.85. The van der Waals surface area contributed by atoms with Crippen LogP contribution in [0.3, 0.4) is 0 Å². The molecule has 1 aliphatic heterocycles. The lowest BCUT2D eigenvalue weighted by Crippen LogP contribution is -2.54. The summed E-state index contributed by atoms with van der Waals surface area (Å²) in [5.74, 6) is 0.923. The van der Waals surface area contributed by atoms with Crippen LogP contribution in [0.25, 0.3) is 0 Å². The lowest BCUT2D eigenvalue weighted by atomic mass is 9.82. The quantitative estimate of drug-likeness (QED) is 0.789. The van der Waals surface area contributed by atoms with Crippen molar-refractivity contribution >= 4 is 17.6 Å². The molecule has 0 aromatic carbocycles. The Labute approximate surface area is 126 Å². The van der Waals surface area contributed by atoms with Crippen LogP contribution in [0.2, 0.25) is 0 Å². The van der Waals surface area contributed by atoms with Crippen molar-refractivity contribution in [1.82, 2.24) is 9.80 Å². The van der Waals surface area contributed by atoms with E-state index in [9.17, 15) is 14.4 Å². The average Bonchev–Trinajstić information content (AvgIpc) is 2.49. The van der Waals surface area contributed by atoms with Crippen LogP contribution in [-0.4, -0.2) is 53.6 Å². The third-order valence-electron chi connectivity index (χ3n) is 4.76. The molecule has 2 aliphatic rings. The molecule has 5 heteroatoms. The number of amides is 2. The summed E-state index contributed by atoms with van der Waals surface area (Å²) in [6.07, 6.45) is 4.56. The molecule has 0 atom stereocenters. The van der Waals surface area contributed by atoms with E-state index in [4.69, 9.17) is 0 Å². The van der Waals surface area contributed by atoms with Gasteiger partial charge in [0.1, 0.15) is 0 Å². The molecule has 0 aromatic rings. The predicted octanol–water partition coefficient (Wildman–Crippen LogP) is 1.46. The standard InChI is InChI=1S/C16H26N2O3/c1-3-14(19)10-17-8-9-18(11-15(17)20)16(21)13-6-4-12(2)5-7-13/h12-13H,3-11H2,1-2H3. The van der Waals surface area contributed by atoms with Crippen molar-refractivity contribution in [2.75, 3.05) is 26.2 Å². The molecule has 0 aromatic heterocycles. The summed E-state index contributed by atoms with van der Waals surface area (Å²) in [5, 5.41) is 0. The van der Waals surface area contributed by atoms with Gasteiger partial charge in [-0.1, -0.05) is 13.8 Å². The lowest BCUT2D eigenvalue weighted by molar-refractivity contribution is -0.149. The second kappa shape index (κ2) is 7.05. The summed E-state index contributed by atoms with van der Waals surface area (Å²) >= 11 is 0. The SMILES string of the molecule is CCC(=O)CN1CCN(C(=O)C2CCC(C)CC2)CC1=O. The molecule has 0 bridgehead atoms. The highest BCUT2D eigenvalue weighted by Gasteiger charge is 2.33. The monoisotopic (exact) mass is 294 g/mol.